The Morgan fingerprint density at radius 3 is 2.86 bits per heavy atom. The normalized spacial score (nSPS) is 20.3. The molecular weight excluding hydrogens is 180 g/mol. The van der Waals surface area contributed by atoms with E-state index in [0.29, 0.717) is 11.7 Å². The fourth-order valence-electron chi connectivity index (χ4n) is 1.57. The fourth-order valence-corrected chi connectivity index (χ4v) is 1.57. The molecule has 0 aliphatic carbocycles. The molecule has 76 valence electrons. The lowest BCUT2D eigenvalue weighted by Gasteiger charge is -2.24. The molecule has 1 aromatic heterocycles. The third-order valence-electron chi connectivity index (χ3n) is 2.27. The van der Waals surface area contributed by atoms with Crippen molar-refractivity contribution in [3.63, 3.8) is 0 Å². The van der Waals surface area contributed by atoms with Gasteiger partial charge in [-0.05, 0) is 20.8 Å². The Labute approximate surface area is 82.5 Å². The molecule has 0 aromatic carbocycles. The summed E-state index contributed by atoms with van der Waals surface area (Å²) in [5.41, 5.74) is 0.483. The van der Waals surface area contributed by atoms with Crippen molar-refractivity contribution in [2.24, 2.45) is 0 Å². The van der Waals surface area contributed by atoms with Crippen LogP contribution in [0.2, 0.25) is 0 Å². The van der Waals surface area contributed by atoms with Gasteiger partial charge in [-0.3, -0.25) is 4.79 Å². The molecule has 2 N–H and O–H groups in total. The molecule has 5 nitrogen and oxygen atoms in total. The number of nitrogens with zero attached hydrogens (tertiary/aromatic N) is 2. The van der Waals surface area contributed by atoms with E-state index in [2.05, 4.69) is 29.5 Å². The second kappa shape index (κ2) is 3.01. The standard InChI is InChI=1S/C9H14N4O/c1-5(2)13-4-10-7-8(13)11-6(3)12-9(7)14/h4-6,11H,1-3H3,(H,12,14). The predicted octanol–water partition coefficient (Wildman–Crippen LogP) is 0.965. The molecule has 1 atom stereocenters. The summed E-state index contributed by atoms with van der Waals surface area (Å²) >= 11 is 0. The number of rotatable bonds is 1. The number of carbonyl (C=O) groups excluding carboxylic acids is 1. The Kier molecular flexibility index (Phi) is 1.94. The minimum atomic E-state index is -0.106. The minimum Gasteiger partial charge on any atom is -0.350 e. The van der Waals surface area contributed by atoms with Gasteiger partial charge < -0.3 is 15.2 Å². The number of hydrogen-bond acceptors (Lipinski definition) is 3. The number of anilines is 1. The van der Waals surface area contributed by atoms with Crippen LogP contribution in [-0.2, 0) is 0 Å². The van der Waals surface area contributed by atoms with Gasteiger partial charge in [0.2, 0.25) is 0 Å². The zero-order valence-corrected chi connectivity index (χ0v) is 8.53. The molecule has 1 unspecified atom stereocenters. The first kappa shape index (κ1) is 9.05. The average Bonchev–Trinajstić information content (AvgIpc) is 2.47. The minimum absolute atomic E-state index is 0.0378. The molecule has 0 radical (unpaired) electrons. The summed E-state index contributed by atoms with van der Waals surface area (Å²) in [6.45, 7) is 6.01. The van der Waals surface area contributed by atoms with Crippen LogP contribution in [-0.4, -0.2) is 21.6 Å². The van der Waals surface area contributed by atoms with Crippen molar-refractivity contribution in [3.8, 4) is 0 Å². The molecule has 1 aromatic rings. The Balaban J connectivity index is 2.46. The number of amides is 1. The second-order valence-corrected chi connectivity index (χ2v) is 3.78. The molecule has 5 heteroatoms. The highest BCUT2D eigenvalue weighted by molar-refractivity contribution is 5.99. The van der Waals surface area contributed by atoms with Crippen LogP contribution in [0, 0.1) is 0 Å². The summed E-state index contributed by atoms with van der Waals surface area (Å²) in [4.78, 5) is 15.6. The van der Waals surface area contributed by atoms with E-state index in [1.54, 1.807) is 6.33 Å². The molecule has 1 aliphatic heterocycles. The maximum absolute atomic E-state index is 11.5. The Morgan fingerprint density at radius 2 is 2.21 bits per heavy atom. The van der Waals surface area contributed by atoms with Crippen LogP contribution in [0.3, 0.4) is 0 Å². The highest BCUT2D eigenvalue weighted by atomic mass is 16.2. The first-order valence-electron chi connectivity index (χ1n) is 4.74. The van der Waals surface area contributed by atoms with Crippen LogP contribution in [0.1, 0.15) is 37.3 Å². The lowest BCUT2D eigenvalue weighted by molar-refractivity contribution is 0.0934. The van der Waals surface area contributed by atoms with Crippen LogP contribution in [0.15, 0.2) is 6.33 Å². The molecule has 14 heavy (non-hydrogen) atoms. The fraction of sp³-hybridized carbons (Fsp3) is 0.556. The quantitative estimate of drug-likeness (QED) is 0.700. The number of imidazole rings is 1. The van der Waals surface area contributed by atoms with E-state index in [0.717, 1.165) is 5.82 Å². The summed E-state index contributed by atoms with van der Waals surface area (Å²) in [6.07, 6.45) is 1.66. The van der Waals surface area contributed by atoms with Crippen LogP contribution in [0.4, 0.5) is 5.82 Å². The molecule has 0 fully saturated rings. The smallest absolute Gasteiger partial charge is 0.275 e. The maximum atomic E-state index is 11.5. The van der Waals surface area contributed by atoms with Crippen LogP contribution in [0.25, 0.3) is 0 Å². The summed E-state index contributed by atoms with van der Waals surface area (Å²) < 4.78 is 1.96. The van der Waals surface area contributed by atoms with Crippen molar-refractivity contribution >= 4 is 11.7 Å². The third kappa shape index (κ3) is 1.25. The number of aromatic nitrogens is 2. The Bertz CT molecular complexity index is 369. The number of fused-ring (bicyclic) bond motifs is 1. The largest absolute Gasteiger partial charge is 0.350 e. The molecule has 0 bridgehead atoms. The van der Waals surface area contributed by atoms with Gasteiger partial charge >= 0.3 is 0 Å². The predicted molar refractivity (Wildman–Crippen MR) is 53.2 cm³/mol. The van der Waals surface area contributed by atoms with Gasteiger partial charge in [0.25, 0.3) is 5.91 Å². The van der Waals surface area contributed by atoms with E-state index >= 15 is 0 Å². The van der Waals surface area contributed by atoms with Crippen LogP contribution < -0.4 is 10.6 Å². The monoisotopic (exact) mass is 194 g/mol. The molecule has 1 amide bonds. The van der Waals surface area contributed by atoms with Gasteiger partial charge in [0.1, 0.15) is 5.82 Å². The lowest BCUT2D eigenvalue weighted by Crippen LogP contribution is -2.43. The van der Waals surface area contributed by atoms with Crippen molar-refractivity contribution in [1.29, 1.82) is 0 Å². The van der Waals surface area contributed by atoms with Gasteiger partial charge in [0, 0.05) is 6.04 Å². The van der Waals surface area contributed by atoms with E-state index in [4.69, 9.17) is 0 Å². The highest BCUT2D eigenvalue weighted by Gasteiger charge is 2.25. The van der Waals surface area contributed by atoms with Crippen molar-refractivity contribution < 1.29 is 4.79 Å². The summed E-state index contributed by atoms with van der Waals surface area (Å²) in [5, 5.41) is 5.95. The molecule has 2 rings (SSSR count). The van der Waals surface area contributed by atoms with Crippen molar-refractivity contribution in [2.45, 2.75) is 33.0 Å². The number of carbonyl (C=O) groups is 1. The van der Waals surface area contributed by atoms with Crippen LogP contribution >= 0.6 is 0 Å². The third-order valence-corrected chi connectivity index (χ3v) is 2.27. The van der Waals surface area contributed by atoms with E-state index in [-0.39, 0.29) is 12.1 Å². The first-order chi connectivity index (χ1) is 6.59. The van der Waals surface area contributed by atoms with E-state index < -0.39 is 0 Å². The van der Waals surface area contributed by atoms with E-state index in [1.165, 1.54) is 0 Å². The molecule has 1 aliphatic rings. The van der Waals surface area contributed by atoms with Crippen molar-refractivity contribution in [3.05, 3.63) is 12.0 Å². The Hall–Kier alpha value is -1.52. The first-order valence-corrected chi connectivity index (χ1v) is 4.74. The highest BCUT2D eigenvalue weighted by Crippen LogP contribution is 2.22. The SMILES string of the molecule is CC1NC(=O)c2ncn(C(C)C)c2N1. The van der Waals surface area contributed by atoms with Crippen molar-refractivity contribution in [2.75, 3.05) is 5.32 Å². The van der Waals surface area contributed by atoms with Gasteiger partial charge in [0.15, 0.2) is 5.69 Å². The summed E-state index contributed by atoms with van der Waals surface area (Å²) in [5.74, 6) is 0.710. The topological polar surface area (TPSA) is 59.0 Å². The molecule has 2 heterocycles. The van der Waals surface area contributed by atoms with Gasteiger partial charge in [-0.1, -0.05) is 0 Å². The summed E-state index contributed by atoms with van der Waals surface area (Å²) in [7, 11) is 0. The molecule has 0 spiro atoms. The molecule has 0 saturated heterocycles. The van der Waals surface area contributed by atoms with Crippen molar-refractivity contribution in [1.82, 2.24) is 14.9 Å². The molecular formula is C9H14N4O. The number of hydrogen-bond donors (Lipinski definition) is 2. The zero-order valence-electron chi connectivity index (χ0n) is 8.53. The maximum Gasteiger partial charge on any atom is 0.275 e. The number of nitrogens with one attached hydrogen (secondary N) is 2. The van der Waals surface area contributed by atoms with Gasteiger partial charge in [-0.25, -0.2) is 4.98 Å². The van der Waals surface area contributed by atoms with Gasteiger partial charge in [-0.2, -0.15) is 0 Å². The Morgan fingerprint density at radius 1 is 1.50 bits per heavy atom. The van der Waals surface area contributed by atoms with Gasteiger partial charge in [0.05, 0.1) is 12.5 Å². The van der Waals surface area contributed by atoms with E-state index in [1.807, 2.05) is 11.5 Å². The van der Waals surface area contributed by atoms with Gasteiger partial charge in [-0.15, -0.1) is 0 Å². The van der Waals surface area contributed by atoms with E-state index in [9.17, 15) is 4.79 Å². The second-order valence-electron chi connectivity index (χ2n) is 3.78. The molecule has 0 saturated carbocycles. The average molecular weight is 194 g/mol. The summed E-state index contributed by atoms with van der Waals surface area (Å²) in [6, 6.07) is 0.303. The lowest BCUT2D eigenvalue weighted by atomic mass is 10.3. The van der Waals surface area contributed by atoms with Crippen LogP contribution in [0.5, 0.6) is 0 Å². The zero-order chi connectivity index (χ0) is 10.3.